The second-order valence-electron chi connectivity index (χ2n) is 3.49. The second kappa shape index (κ2) is 6.10. The van der Waals surface area contributed by atoms with Crippen molar-refractivity contribution in [3.05, 3.63) is 22.4 Å². The zero-order valence-electron chi connectivity index (χ0n) is 8.36. The van der Waals surface area contributed by atoms with E-state index in [4.69, 9.17) is 0 Å². The molecule has 0 bridgehead atoms. The van der Waals surface area contributed by atoms with Crippen LogP contribution in [0.2, 0.25) is 0 Å². The van der Waals surface area contributed by atoms with Gasteiger partial charge in [0.1, 0.15) is 0 Å². The lowest BCUT2D eigenvalue weighted by atomic mass is 10.1. The highest BCUT2D eigenvalue weighted by Crippen LogP contribution is 2.10. The van der Waals surface area contributed by atoms with Crippen LogP contribution < -0.4 is 10.6 Å². The van der Waals surface area contributed by atoms with Crippen molar-refractivity contribution in [2.45, 2.75) is 13.0 Å². The minimum absolute atomic E-state index is 0. The largest absolute Gasteiger partial charge is 0.351 e. The normalized spacial score (nSPS) is 19.6. The molecule has 1 atom stereocenters. The SMILES string of the molecule is Cl.O=C(NCc1cccs1)[C@@H]1CCNC1. The standard InChI is InChI=1S/C10H14N2OS.ClH/c13-10(8-3-4-11-6-8)12-7-9-2-1-5-14-9;/h1-2,5,8,11H,3-4,6-7H2,(H,12,13);1H/t8-;/m1./s1. The summed E-state index contributed by atoms with van der Waals surface area (Å²) in [6, 6.07) is 4.04. The summed E-state index contributed by atoms with van der Waals surface area (Å²) >= 11 is 1.68. The first kappa shape index (κ1) is 12.5. The Morgan fingerprint density at radius 3 is 3.13 bits per heavy atom. The molecule has 1 aromatic rings. The van der Waals surface area contributed by atoms with Crippen molar-refractivity contribution in [2.75, 3.05) is 13.1 Å². The minimum atomic E-state index is 0. The lowest BCUT2D eigenvalue weighted by Crippen LogP contribution is -2.31. The molecule has 1 fully saturated rings. The smallest absolute Gasteiger partial charge is 0.224 e. The Balaban J connectivity index is 0.00000112. The second-order valence-corrected chi connectivity index (χ2v) is 4.52. The summed E-state index contributed by atoms with van der Waals surface area (Å²) in [6.45, 7) is 2.47. The molecule has 3 nitrogen and oxygen atoms in total. The van der Waals surface area contributed by atoms with Gasteiger partial charge in [-0.1, -0.05) is 6.07 Å². The van der Waals surface area contributed by atoms with Gasteiger partial charge in [0.15, 0.2) is 0 Å². The van der Waals surface area contributed by atoms with Gasteiger partial charge in [-0.3, -0.25) is 4.79 Å². The number of thiophene rings is 1. The minimum Gasteiger partial charge on any atom is -0.351 e. The third-order valence-corrected chi connectivity index (χ3v) is 3.32. The molecule has 0 unspecified atom stereocenters. The molecular formula is C10H15ClN2OS. The maximum absolute atomic E-state index is 11.6. The fourth-order valence-corrected chi connectivity index (χ4v) is 2.25. The van der Waals surface area contributed by atoms with Crippen LogP contribution in [0.1, 0.15) is 11.3 Å². The van der Waals surface area contributed by atoms with Crippen LogP contribution in [-0.2, 0) is 11.3 Å². The third kappa shape index (κ3) is 3.48. The molecule has 1 amide bonds. The van der Waals surface area contributed by atoms with Gasteiger partial charge in [0.05, 0.1) is 12.5 Å². The number of hydrogen-bond donors (Lipinski definition) is 2. The fourth-order valence-electron chi connectivity index (χ4n) is 1.61. The van der Waals surface area contributed by atoms with Crippen molar-refractivity contribution < 1.29 is 4.79 Å². The lowest BCUT2D eigenvalue weighted by Gasteiger charge is -2.08. The van der Waals surface area contributed by atoms with Crippen LogP contribution >= 0.6 is 23.7 Å². The highest BCUT2D eigenvalue weighted by molar-refractivity contribution is 7.09. The van der Waals surface area contributed by atoms with Crippen LogP contribution in [0.3, 0.4) is 0 Å². The Hall–Kier alpha value is -0.580. The van der Waals surface area contributed by atoms with Gasteiger partial charge in [0.25, 0.3) is 0 Å². The molecule has 0 aromatic carbocycles. The molecule has 84 valence electrons. The molecule has 0 saturated carbocycles. The van der Waals surface area contributed by atoms with E-state index >= 15 is 0 Å². The molecule has 1 aliphatic heterocycles. The molecule has 2 heterocycles. The zero-order valence-corrected chi connectivity index (χ0v) is 10.00. The average molecular weight is 247 g/mol. The van der Waals surface area contributed by atoms with Crippen LogP contribution in [0.4, 0.5) is 0 Å². The number of hydrogen-bond acceptors (Lipinski definition) is 3. The van der Waals surface area contributed by atoms with Crippen LogP contribution in [0.5, 0.6) is 0 Å². The van der Waals surface area contributed by atoms with Gasteiger partial charge in [0, 0.05) is 11.4 Å². The van der Waals surface area contributed by atoms with Crippen LogP contribution in [0, 0.1) is 5.92 Å². The zero-order chi connectivity index (χ0) is 9.80. The Morgan fingerprint density at radius 1 is 1.67 bits per heavy atom. The summed E-state index contributed by atoms with van der Waals surface area (Å²) in [7, 11) is 0. The van der Waals surface area contributed by atoms with E-state index in [-0.39, 0.29) is 24.2 Å². The number of halogens is 1. The average Bonchev–Trinajstić information content (AvgIpc) is 2.87. The Bertz CT molecular complexity index is 296. The van der Waals surface area contributed by atoms with Gasteiger partial charge < -0.3 is 10.6 Å². The molecule has 2 N–H and O–H groups in total. The van der Waals surface area contributed by atoms with Gasteiger partial charge in [-0.15, -0.1) is 23.7 Å². The predicted molar refractivity (Wildman–Crippen MR) is 64.4 cm³/mol. The van der Waals surface area contributed by atoms with E-state index < -0.39 is 0 Å². The number of rotatable bonds is 3. The molecule has 1 aliphatic rings. The molecular weight excluding hydrogens is 232 g/mol. The highest BCUT2D eigenvalue weighted by Gasteiger charge is 2.21. The van der Waals surface area contributed by atoms with E-state index in [2.05, 4.69) is 10.6 Å². The maximum atomic E-state index is 11.6. The van der Waals surface area contributed by atoms with Gasteiger partial charge in [-0.25, -0.2) is 0 Å². The van der Waals surface area contributed by atoms with Crippen molar-refractivity contribution in [3.8, 4) is 0 Å². The van der Waals surface area contributed by atoms with Crippen LogP contribution in [0.15, 0.2) is 17.5 Å². The number of amides is 1. The molecule has 5 heteroatoms. The van der Waals surface area contributed by atoms with Crippen LogP contribution in [-0.4, -0.2) is 19.0 Å². The summed E-state index contributed by atoms with van der Waals surface area (Å²) in [6.07, 6.45) is 0.969. The first-order chi connectivity index (χ1) is 6.86. The molecule has 1 saturated heterocycles. The van der Waals surface area contributed by atoms with Crippen molar-refractivity contribution in [3.63, 3.8) is 0 Å². The predicted octanol–water partition coefficient (Wildman–Crippen LogP) is 1.40. The van der Waals surface area contributed by atoms with Gasteiger partial charge >= 0.3 is 0 Å². The Morgan fingerprint density at radius 2 is 2.53 bits per heavy atom. The summed E-state index contributed by atoms with van der Waals surface area (Å²) in [4.78, 5) is 12.8. The topological polar surface area (TPSA) is 41.1 Å². The molecule has 1 aromatic heterocycles. The third-order valence-electron chi connectivity index (χ3n) is 2.45. The van der Waals surface area contributed by atoms with Gasteiger partial charge in [-0.05, 0) is 24.4 Å². The molecule has 15 heavy (non-hydrogen) atoms. The molecule has 2 rings (SSSR count). The maximum Gasteiger partial charge on any atom is 0.224 e. The molecule has 0 spiro atoms. The molecule has 0 aliphatic carbocycles. The number of carbonyl (C=O) groups is 1. The Kier molecular flexibility index (Phi) is 5.08. The highest BCUT2D eigenvalue weighted by atomic mass is 35.5. The summed E-state index contributed by atoms with van der Waals surface area (Å²) in [5, 5.41) is 8.17. The van der Waals surface area contributed by atoms with Crippen molar-refractivity contribution in [1.29, 1.82) is 0 Å². The monoisotopic (exact) mass is 246 g/mol. The van der Waals surface area contributed by atoms with E-state index in [1.54, 1.807) is 11.3 Å². The number of carbonyl (C=O) groups excluding carboxylic acids is 1. The molecule has 0 radical (unpaired) electrons. The first-order valence-corrected chi connectivity index (χ1v) is 5.75. The van der Waals surface area contributed by atoms with Crippen molar-refractivity contribution in [1.82, 2.24) is 10.6 Å². The van der Waals surface area contributed by atoms with Crippen molar-refractivity contribution >= 4 is 29.7 Å². The van der Waals surface area contributed by atoms with E-state index in [0.717, 1.165) is 19.5 Å². The summed E-state index contributed by atoms with van der Waals surface area (Å²) in [5.41, 5.74) is 0. The summed E-state index contributed by atoms with van der Waals surface area (Å²) in [5.74, 6) is 0.360. The van der Waals surface area contributed by atoms with Gasteiger partial charge in [-0.2, -0.15) is 0 Å². The lowest BCUT2D eigenvalue weighted by molar-refractivity contribution is -0.124. The van der Waals surface area contributed by atoms with E-state index in [1.165, 1.54) is 4.88 Å². The van der Waals surface area contributed by atoms with Crippen molar-refractivity contribution in [2.24, 2.45) is 5.92 Å². The first-order valence-electron chi connectivity index (χ1n) is 4.87. The number of nitrogens with one attached hydrogen (secondary N) is 2. The van der Waals surface area contributed by atoms with E-state index in [1.807, 2.05) is 17.5 Å². The quantitative estimate of drug-likeness (QED) is 0.847. The fraction of sp³-hybridized carbons (Fsp3) is 0.500. The Labute approximate surface area is 99.7 Å². The summed E-state index contributed by atoms with van der Waals surface area (Å²) < 4.78 is 0. The van der Waals surface area contributed by atoms with E-state index in [9.17, 15) is 4.79 Å². The van der Waals surface area contributed by atoms with Crippen LogP contribution in [0.25, 0.3) is 0 Å². The van der Waals surface area contributed by atoms with Gasteiger partial charge in [0.2, 0.25) is 5.91 Å². The van der Waals surface area contributed by atoms with E-state index in [0.29, 0.717) is 6.54 Å².